The van der Waals surface area contributed by atoms with Gasteiger partial charge in [0.25, 0.3) is 0 Å². The van der Waals surface area contributed by atoms with E-state index in [0.717, 1.165) is 12.5 Å². The van der Waals surface area contributed by atoms with Crippen molar-refractivity contribution in [2.24, 2.45) is 11.0 Å². The van der Waals surface area contributed by atoms with Gasteiger partial charge in [-0.1, -0.05) is 0 Å². The lowest BCUT2D eigenvalue weighted by molar-refractivity contribution is 0.375. The Morgan fingerprint density at radius 1 is 1.73 bits per heavy atom. The molecule has 1 fully saturated rings. The lowest BCUT2D eigenvalue weighted by Gasteiger charge is -2.09. The van der Waals surface area contributed by atoms with Crippen LogP contribution in [0.5, 0.6) is 0 Å². The Kier molecular flexibility index (Phi) is 3.77. The van der Waals surface area contributed by atoms with Gasteiger partial charge in [-0.25, -0.2) is 0 Å². The normalized spacial score (nSPS) is 24.7. The number of nitrogens with zero attached hydrogens (tertiary/aromatic N) is 2. The maximum atomic E-state index is 4.32. The molecule has 0 spiro atoms. The molecular weight excluding hydrogens is 156 g/mol. The number of thioether (sulfide) groups is 1. The van der Waals surface area contributed by atoms with Crippen LogP contribution in [-0.2, 0) is 0 Å². The van der Waals surface area contributed by atoms with Crippen LogP contribution in [0.1, 0.15) is 13.3 Å². The molecule has 1 atom stereocenters. The molecule has 0 amide bonds. The number of rotatable bonds is 3. The molecule has 1 aliphatic rings. The largest absolute Gasteiger partial charge is 0.301 e. The van der Waals surface area contributed by atoms with Crippen LogP contribution in [0.2, 0.25) is 0 Å². The van der Waals surface area contributed by atoms with E-state index in [9.17, 15) is 0 Å². The van der Waals surface area contributed by atoms with E-state index in [1.807, 2.05) is 23.8 Å². The molecule has 0 radical (unpaired) electrons. The first-order valence-electron chi connectivity index (χ1n) is 4.16. The number of hydrogen-bond acceptors (Lipinski definition) is 3. The fourth-order valence-electron chi connectivity index (χ4n) is 0.960. The molecule has 0 aromatic carbocycles. The Hall–Kier alpha value is -0.180. The fourth-order valence-corrected chi connectivity index (χ4v) is 2.15. The fraction of sp³-hybridized carbons (Fsp3) is 0.875. The van der Waals surface area contributed by atoms with E-state index >= 15 is 0 Å². The molecule has 1 unspecified atom stereocenters. The molecule has 0 bridgehead atoms. The lowest BCUT2D eigenvalue weighted by Crippen LogP contribution is -2.11. The minimum atomic E-state index is 0.731. The summed E-state index contributed by atoms with van der Waals surface area (Å²) in [6.45, 7) is 3.11. The van der Waals surface area contributed by atoms with Crippen LogP contribution in [0, 0.1) is 5.92 Å². The van der Waals surface area contributed by atoms with Crippen molar-refractivity contribution in [1.82, 2.24) is 5.01 Å². The molecule has 11 heavy (non-hydrogen) atoms. The third kappa shape index (κ3) is 3.14. The summed E-state index contributed by atoms with van der Waals surface area (Å²) < 4.78 is 0. The summed E-state index contributed by atoms with van der Waals surface area (Å²) in [5, 5.41) is 6.29. The summed E-state index contributed by atoms with van der Waals surface area (Å²) >= 11 is 2.03. The van der Waals surface area contributed by atoms with Crippen molar-refractivity contribution in [3.63, 3.8) is 0 Å². The predicted octanol–water partition coefficient (Wildman–Crippen LogP) is 1.68. The SMILES string of the molecule is CCN(C)/N=C/C1CCSC1. The monoisotopic (exact) mass is 172 g/mol. The second-order valence-corrected chi connectivity index (χ2v) is 4.01. The van der Waals surface area contributed by atoms with Gasteiger partial charge in [0.15, 0.2) is 0 Å². The van der Waals surface area contributed by atoms with Crippen LogP contribution >= 0.6 is 11.8 Å². The van der Waals surface area contributed by atoms with Crippen LogP contribution in [0.15, 0.2) is 5.10 Å². The van der Waals surface area contributed by atoms with Gasteiger partial charge in [-0.2, -0.15) is 16.9 Å². The zero-order chi connectivity index (χ0) is 8.10. The van der Waals surface area contributed by atoms with Crippen LogP contribution in [-0.4, -0.2) is 36.3 Å². The highest BCUT2D eigenvalue weighted by atomic mass is 32.2. The van der Waals surface area contributed by atoms with E-state index in [-0.39, 0.29) is 0 Å². The van der Waals surface area contributed by atoms with Gasteiger partial charge in [-0.3, -0.25) is 0 Å². The van der Waals surface area contributed by atoms with Gasteiger partial charge < -0.3 is 5.01 Å². The zero-order valence-corrected chi connectivity index (χ0v) is 8.10. The molecule has 0 aromatic heterocycles. The molecule has 3 heteroatoms. The van der Waals surface area contributed by atoms with Crippen LogP contribution in [0.4, 0.5) is 0 Å². The van der Waals surface area contributed by atoms with Gasteiger partial charge in [-0.05, 0) is 19.1 Å². The predicted molar refractivity (Wildman–Crippen MR) is 52.2 cm³/mol. The van der Waals surface area contributed by atoms with E-state index in [0.29, 0.717) is 0 Å². The van der Waals surface area contributed by atoms with E-state index in [1.165, 1.54) is 17.9 Å². The highest BCUT2D eigenvalue weighted by Gasteiger charge is 2.12. The van der Waals surface area contributed by atoms with E-state index in [2.05, 4.69) is 18.2 Å². The summed E-state index contributed by atoms with van der Waals surface area (Å²) in [5.74, 6) is 3.31. The quantitative estimate of drug-likeness (QED) is 0.475. The average Bonchev–Trinajstić information content (AvgIpc) is 2.52. The van der Waals surface area contributed by atoms with Crippen molar-refractivity contribution >= 4 is 18.0 Å². The highest BCUT2D eigenvalue weighted by Crippen LogP contribution is 2.21. The smallest absolute Gasteiger partial charge is 0.0328 e. The molecule has 1 aliphatic heterocycles. The first-order chi connectivity index (χ1) is 5.33. The summed E-state index contributed by atoms with van der Waals surface area (Å²) in [7, 11) is 2.01. The molecule has 0 aromatic rings. The average molecular weight is 172 g/mol. The standard InChI is InChI=1S/C8H16N2S/c1-3-10(2)9-6-8-4-5-11-7-8/h6,8H,3-5,7H2,1-2H3/b9-6+. The third-order valence-corrected chi connectivity index (χ3v) is 3.09. The summed E-state index contributed by atoms with van der Waals surface area (Å²) in [6.07, 6.45) is 3.41. The van der Waals surface area contributed by atoms with Crippen molar-refractivity contribution in [2.75, 3.05) is 25.1 Å². The van der Waals surface area contributed by atoms with Crippen molar-refractivity contribution in [2.45, 2.75) is 13.3 Å². The summed E-state index contributed by atoms with van der Waals surface area (Å²) in [6, 6.07) is 0. The molecule has 0 N–H and O–H groups in total. The van der Waals surface area contributed by atoms with E-state index < -0.39 is 0 Å². The van der Waals surface area contributed by atoms with Crippen molar-refractivity contribution < 1.29 is 0 Å². The summed E-state index contributed by atoms with van der Waals surface area (Å²) in [4.78, 5) is 0. The third-order valence-electron chi connectivity index (χ3n) is 1.90. The maximum Gasteiger partial charge on any atom is 0.0328 e. The van der Waals surface area contributed by atoms with Gasteiger partial charge in [0.1, 0.15) is 0 Å². The molecule has 1 saturated heterocycles. The Balaban J connectivity index is 2.22. The number of hydrogen-bond donors (Lipinski definition) is 0. The van der Waals surface area contributed by atoms with Gasteiger partial charge in [0.2, 0.25) is 0 Å². The van der Waals surface area contributed by atoms with Gasteiger partial charge in [0, 0.05) is 31.5 Å². The second kappa shape index (κ2) is 4.65. The Morgan fingerprint density at radius 2 is 2.55 bits per heavy atom. The van der Waals surface area contributed by atoms with Crippen molar-refractivity contribution in [3.8, 4) is 0 Å². The molecule has 0 aliphatic carbocycles. The molecular formula is C8H16N2S. The number of hydrazone groups is 1. The molecule has 64 valence electrons. The van der Waals surface area contributed by atoms with Crippen LogP contribution in [0.25, 0.3) is 0 Å². The lowest BCUT2D eigenvalue weighted by atomic mass is 10.1. The van der Waals surface area contributed by atoms with Gasteiger partial charge in [-0.15, -0.1) is 0 Å². The van der Waals surface area contributed by atoms with E-state index in [1.54, 1.807) is 0 Å². The molecule has 1 heterocycles. The second-order valence-electron chi connectivity index (χ2n) is 2.86. The van der Waals surface area contributed by atoms with Gasteiger partial charge >= 0.3 is 0 Å². The topological polar surface area (TPSA) is 15.6 Å². The molecule has 0 saturated carbocycles. The Morgan fingerprint density at radius 3 is 3.09 bits per heavy atom. The van der Waals surface area contributed by atoms with Crippen LogP contribution in [0.3, 0.4) is 0 Å². The minimum absolute atomic E-state index is 0.731. The first kappa shape index (κ1) is 8.91. The van der Waals surface area contributed by atoms with Crippen LogP contribution < -0.4 is 0 Å². The maximum absolute atomic E-state index is 4.32. The minimum Gasteiger partial charge on any atom is -0.301 e. The highest BCUT2D eigenvalue weighted by molar-refractivity contribution is 7.99. The van der Waals surface area contributed by atoms with E-state index in [4.69, 9.17) is 0 Å². The summed E-state index contributed by atoms with van der Waals surface area (Å²) in [5.41, 5.74) is 0. The van der Waals surface area contributed by atoms with Crippen molar-refractivity contribution in [3.05, 3.63) is 0 Å². The molecule has 1 rings (SSSR count). The van der Waals surface area contributed by atoms with Crippen molar-refractivity contribution in [1.29, 1.82) is 0 Å². The zero-order valence-electron chi connectivity index (χ0n) is 7.29. The Bertz CT molecular complexity index is 130. The van der Waals surface area contributed by atoms with Gasteiger partial charge in [0.05, 0.1) is 0 Å². The Labute approximate surface area is 73.0 Å². The first-order valence-corrected chi connectivity index (χ1v) is 5.31. The molecule has 2 nitrogen and oxygen atoms in total.